The Morgan fingerprint density at radius 2 is 2.10 bits per heavy atom. The number of aryl methyl sites for hydroxylation is 1. The number of carbonyl (C=O) groups is 1. The number of thiophene rings is 1. The highest BCUT2D eigenvalue weighted by atomic mass is 32.1. The summed E-state index contributed by atoms with van der Waals surface area (Å²) in [5, 5.41) is 0.903. The van der Waals surface area contributed by atoms with Crippen molar-refractivity contribution >= 4 is 33.1 Å². The number of hydrogen-bond donors (Lipinski definition) is 1. The van der Waals surface area contributed by atoms with Gasteiger partial charge in [-0.1, -0.05) is 0 Å². The third-order valence-corrected chi connectivity index (χ3v) is 4.84. The molecule has 1 aliphatic heterocycles. The maximum atomic E-state index is 12.8. The van der Waals surface area contributed by atoms with Crippen LogP contribution in [0.1, 0.15) is 29.1 Å². The molecule has 0 spiro atoms. The van der Waals surface area contributed by atoms with Gasteiger partial charge in [-0.25, -0.2) is 4.98 Å². The van der Waals surface area contributed by atoms with Gasteiger partial charge >= 0.3 is 0 Å². The number of morpholine rings is 1. The van der Waals surface area contributed by atoms with Gasteiger partial charge in [0.05, 0.1) is 17.9 Å². The summed E-state index contributed by atoms with van der Waals surface area (Å²) in [7, 11) is 0. The number of pyridine rings is 1. The monoisotopic (exact) mass is 305 g/mol. The molecule has 1 amide bonds. The van der Waals surface area contributed by atoms with Gasteiger partial charge < -0.3 is 15.4 Å². The summed E-state index contributed by atoms with van der Waals surface area (Å²) in [5.41, 5.74) is 7.81. The molecule has 5 nitrogen and oxygen atoms in total. The van der Waals surface area contributed by atoms with Gasteiger partial charge in [-0.05, 0) is 32.4 Å². The first kappa shape index (κ1) is 14.3. The average molecular weight is 305 g/mol. The SMILES string of the molecule is Cc1ccnc2sc(C(=O)N3C[C@@H](C)O[C@@H](C)C3)c(N)c12. The van der Waals surface area contributed by atoms with E-state index in [0.717, 1.165) is 15.8 Å². The van der Waals surface area contributed by atoms with E-state index in [4.69, 9.17) is 10.5 Å². The molecule has 3 rings (SSSR count). The minimum Gasteiger partial charge on any atom is -0.397 e. The van der Waals surface area contributed by atoms with Gasteiger partial charge in [0.15, 0.2) is 0 Å². The zero-order valence-electron chi connectivity index (χ0n) is 12.4. The fourth-order valence-corrected chi connectivity index (χ4v) is 3.96. The molecular weight excluding hydrogens is 286 g/mol. The number of ether oxygens (including phenoxy) is 1. The highest BCUT2D eigenvalue weighted by Crippen LogP contribution is 2.35. The van der Waals surface area contributed by atoms with E-state index >= 15 is 0 Å². The van der Waals surface area contributed by atoms with Crippen LogP contribution in [0.5, 0.6) is 0 Å². The number of rotatable bonds is 1. The number of anilines is 1. The Hall–Kier alpha value is -1.66. The Labute approximate surface area is 127 Å². The van der Waals surface area contributed by atoms with Gasteiger partial charge in [0, 0.05) is 24.7 Å². The van der Waals surface area contributed by atoms with Crippen LogP contribution in [-0.2, 0) is 4.74 Å². The molecule has 2 atom stereocenters. The van der Waals surface area contributed by atoms with Crippen LogP contribution in [0.15, 0.2) is 12.3 Å². The molecule has 2 aromatic rings. The zero-order chi connectivity index (χ0) is 15.1. The van der Waals surface area contributed by atoms with Crippen LogP contribution in [0.2, 0.25) is 0 Å². The molecule has 6 heteroatoms. The Bertz CT molecular complexity index is 688. The molecule has 2 N–H and O–H groups in total. The third kappa shape index (κ3) is 2.49. The van der Waals surface area contributed by atoms with E-state index in [0.29, 0.717) is 23.7 Å². The molecule has 0 radical (unpaired) electrons. The van der Waals surface area contributed by atoms with Gasteiger partial charge in [0.1, 0.15) is 9.71 Å². The number of nitrogens with two attached hydrogens (primary N) is 1. The third-order valence-electron chi connectivity index (χ3n) is 3.74. The lowest BCUT2D eigenvalue weighted by molar-refractivity contribution is -0.0584. The number of carbonyl (C=O) groups excluding carboxylic acids is 1. The molecule has 1 saturated heterocycles. The van der Waals surface area contributed by atoms with Crippen LogP contribution in [0, 0.1) is 6.92 Å². The quantitative estimate of drug-likeness (QED) is 0.878. The first-order valence-corrected chi connectivity index (χ1v) is 7.87. The fraction of sp³-hybridized carbons (Fsp3) is 0.467. The highest BCUT2D eigenvalue weighted by molar-refractivity contribution is 7.21. The molecule has 0 bridgehead atoms. The molecule has 0 unspecified atom stereocenters. The number of amides is 1. The van der Waals surface area contributed by atoms with Gasteiger partial charge in [-0.3, -0.25) is 4.79 Å². The average Bonchev–Trinajstić information content (AvgIpc) is 2.75. The Balaban J connectivity index is 1.98. The first-order chi connectivity index (χ1) is 9.97. The maximum Gasteiger partial charge on any atom is 0.266 e. The van der Waals surface area contributed by atoms with Gasteiger partial charge in [-0.2, -0.15) is 0 Å². The molecule has 2 aromatic heterocycles. The first-order valence-electron chi connectivity index (χ1n) is 7.05. The molecule has 1 aliphatic rings. The molecule has 0 aliphatic carbocycles. The molecule has 3 heterocycles. The van der Waals surface area contributed by atoms with Crippen LogP contribution >= 0.6 is 11.3 Å². The summed E-state index contributed by atoms with van der Waals surface area (Å²) in [6.07, 6.45) is 1.85. The summed E-state index contributed by atoms with van der Waals surface area (Å²) < 4.78 is 5.68. The lowest BCUT2D eigenvalue weighted by Crippen LogP contribution is -2.48. The van der Waals surface area contributed by atoms with Crippen molar-refractivity contribution in [3.63, 3.8) is 0 Å². The topological polar surface area (TPSA) is 68.5 Å². The smallest absolute Gasteiger partial charge is 0.266 e. The van der Waals surface area contributed by atoms with Crippen molar-refractivity contribution in [1.29, 1.82) is 0 Å². The maximum absolute atomic E-state index is 12.8. The predicted molar refractivity (Wildman–Crippen MR) is 84.7 cm³/mol. The number of nitrogens with zero attached hydrogens (tertiary/aromatic N) is 2. The van der Waals surface area contributed by atoms with E-state index in [1.807, 2.05) is 31.7 Å². The van der Waals surface area contributed by atoms with Crippen LogP contribution in [-0.4, -0.2) is 41.1 Å². The lowest BCUT2D eigenvalue weighted by Gasteiger charge is -2.35. The predicted octanol–water partition coefficient (Wildman–Crippen LogP) is 2.44. The van der Waals surface area contributed by atoms with Gasteiger partial charge in [-0.15, -0.1) is 11.3 Å². The lowest BCUT2D eigenvalue weighted by atomic mass is 10.1. The minimum atomic E-state index is -0.0168. The normalized spacial score (nSPS) is 22.7. The fourth-order valence-electron chi connectivity index (χ4n) is 2.85. The van der Waals surface area contributed by atoms with Crippen LogP contribution in [0.3, 0.4) is 0 Å². The van der Waals surface area contributed by atoms with E-state index in [1.54, 1.807) is 6.20 Å². The number of nitrogen functional groups attached to an aromatic ring is 1. The number of hydrogen-bond acceptors (Lipinski definition) is 5. The van der Waals surface area contributed by atoms with Crippen LogP contribution in [0.25, 0.3) is 10.2 Å². The zero-order valence-corrected chi connectivity index (χ0v) is 13.2. The summed E-state index contributed by atoms with van der Waals surface area (Å²) in [6, 6.07) is 1.92. The Morgan fingerprint density at radius 1 is 1.43 bits per heavy atom. The molecule has 1 fully saturated rings. The molecular formula is C15H19N3O2S. The van der Waals surface area contributed by atoms with Crippen molar-refractivity contribution in [2.45, 2.75) is 33.0 Å². The van der Waals surface area contributed by atoms with Gasteiger partial charge in [0.25, 0.3) is 5.91 Å². The Morgan fingerprint density at radius 3 is 2.71 bits per heavy atom. The second-order valence-corrected chi connectivity index (χ2v) is 6.62. The van der Waals surface area contributed by atoms with Crippen molar-refractivity contribution in [3.05, 3.63) is 22.7 Å². The summed E-state index contributed by atoms with van der Waals surface area (Å²) in [4.78, 5) is 20.3. The minimum absolute atomic E-state index is 0.0168. The second kappa shape index (κ2) is 5.27. The second-order valence-electron chi connectivity index (χ2n) is 5.62. The largest absolute Gasteiger partial charge is 0.397 e. The van der Waals surface area contributed by atoms with E-state index < -0.39 is 0 Å². The van der Waals surface area contributed by atoms with Crippen molar-refractivity contribution in [3.8, 4) is 0 Å². The van der Waals surface area contributed by atoms with E-state index in [1.165, 1.54) is 11.3 Å². The molecule has 112 valence electrons. The highest BCUT2D eigenvalue weighted by Gasteiger charge is 2.29. The summed E-state index contributed by atoms with van der Waals surface area (Å²) in [6.45, 7) is 7.15. The summed E-state index contributed by atoms with van der Waals surface area (Å²) in [5.74, 6) is -0.0168. The van der Waals surface area contributed by atoms with Crippen molar-refractivity contribution in [2.75, 3.05) is 18.8 Å². The summed E-state index contributed by atoms with van der Waals surface area (Å²) >= 11 is 1.37. The van der Waals surface area contributed by atoms with Gasteiger partial charge in [0.2, 0.25) is 0 Å². The van der Waals surface area contributed by atoms with Crippen LogP contribution < -0.4 is 5.73 Å². The van der Waals surface area contributed by atoms with Crippen LogP contribution in [0.4, 0.5) is 5.69 Å². The number of aromatic nitrogens is 1. The molecule has 21 heavy (non-hydrogen) atoms. The van der Waals surface area contributed by atoms with E-state index in [-0.39, 0.29) is 18.1 Å². The van der Waals surface area contributed by atoms with Crippen molar-refractivity contribution in [2.24, 2.45) is 0 Å². The molecule has 0 saturated carbocycles. The Kier molecular flexibility index (Phi) is 3.59. The number of fused-ring (bicyclic) bond motifs is 1. The van der Waals surface area contributed by atoms with Crippen molar-refractivity contribution in [1.82, 2.24) is 9.88 Å². The standard InChI is InChI=1S/C15H19N3O2S/c1-8-4-5-17-14-11(8)12(16)13(21-14)15(19)18-6-9(2)20-10(3)7-18/h4-5,9-10H,6-7,16H2,1-3H3/t9-,10+. The van der Waals surface area contributed by atoms with Crippen molar-refractivity contribution < 1.29 is 9.53 Å². The van der Waals surface area contributed by atoms with E-state index in [9.17, 15) is 4.79 Å². The molecule has 0 aromatic carbocycles. The van der Waals surface area contributed by atoms with E-state index in [2.05, 4.69) is 4.98 Å².